The zero-order valence-corrected chi connectivity index (χ0v) is 11.7. The normalized spacial score (nSPS) is 18.3. The van der Waals surface area contributed by atoms with Gasteiger partial charge in [-0.05, 0) is 44.0 Å². The number of nitrogens with zero attached hydrogens (tertiary/aromatic N) is 1. The van der Waals surface area contributed by atoms with Crippen LogP contribution in [0.25, 0.3) is 0 Å². The van der Waals surface area contributed by atoms with E-state index < -0.39 is 0 Å². The van der Waals surface area contributed by atoms with Gasteiger partial charge in [0.25, 0.3) is 0 Å². The molecule has 104 valence electrons. The summed E-state index contributed by atoms with van der Waals surface area (Å²) in [5.74, 6) is 1.06. The molecular weight excluding hydrogens is 240 g/mol. The molecule has 0 spiro atoms. The smallest absolute Gasteiger partial charge is 0.239 e. The van der Waals surface area contributed by atoms with Crippen molar-refractivity contribution in [3.8, 4) is 5.75 Å². The van der Waals surface area contributed by atoms with E-state index in [4.69, 9.17) is 4.74 Å². The van der Waals surface area contributed by atoms with Crippen LogP contribution in [-0.2, 0) is 11.3 Å². The van der Waals surface area contributed by atoms with Crippen molar-refractivity contribution in [3.05, 3.63) is 29.8 Å². The highest BCUT2D eigenvalue weighted by molar-refractivity contribution is 5.81. The highest BCUT2D eigenvalue weighted by Crippen LogP contribution is 2.14. The predicted molar refractivity (Wildman–Crippen MR) is 75.1 cm³/mol. The Hall–Kier alpha value is -1.55. The minimum Gasteiger partial charge on any atom is -0.494 e. The van der Waals surface area contributed by atoms with E-state index in [1.807, 2.05) is 38.2 Å². The molecule has 2 rings (SSSR count). The number of likely N-dealkylation sites (N-methyl/N-ethyl adjacent to an activating group) is 1. The van der Waals surface area contributed by atoms with Gasteiger partial charge in [-0.3, -0.25) is 4.79 Å². The summed E-state index contributed by atoms with van der Waals surface area (Å²) in [6.45, 7) is 4.23. The van der Waals surface area contributed by atoms with E-state index in [1.165, 1.54) is 0 Å². The number of hydrogen-bond donors (Lipinski definition) is 1. The maximum Gasteiger partial charge on any atom is 0.239 e. The van der Waals surface area contributed by atoms with E-state index in [0.717, 1.165) is 30.7 Å². The van der Waals surface area contributed by atoms with Crippen molar-refractivity contribution in [1.29, 1.82) is 0 Å². The lowest BCUT2D eigenvalue weighted by Gasteiger charge is -2.21. The molecule has 0 aromatic heterocycles. The van der Waals surface area contributed by atoms with E-state index in [2.05, 4.69) is 5.32 Å². The summed E-state index contributed by atoms with van der Waals surface area (Å²) in [5.41, 5.74) is 1.12. The third kappa shape index (κ3) is 3.70. The Morgan fingerprint density at radius 2 is 2.16 bits per heavy atom. The van der Waals surface area contributed by atoms with Gasteiger partial charge < -0.3 is 15.0 Å². The summed E-state index contributed by atoms with van der Waals surface area (Å²) in [6.07, 6.45) is 2.04. The number of nitrogens with one attached hydrogen (secondary N) is 1. The predicted octanol–water partition coefficient (Wildman–Crippen LogP) is 1.80. The fraction of sp³-hybridized carbons (Fsp3) is 0.533. The molecule has 1 saturated heterocycles. The van der Waals surface area contributed by atoms with Gasteiger partial charge in [0.2, 0.25) is 5.91 Å². The summed E-state index contributed by atoms with van der Waals surface area (Å²) < 4.78 is 5.40. The number of benzene rings is 1. The van der Waals surface area contributed by atoms with Crippen molar-refractivity contribution in [2.75, 3.05) is 20.2 Å². The average Bonchev–Trinajstić information content (AvgIpc) is 2.94. The van der Waals surface area contributed by atoms with Crippen molar-refractivity contribution in [3.63, 3.8) is 0 Å². The van der Waals surface area contributed by atoms with Gasteiger partial charge in [0.05, 0.1) is 12.6 Å². The van der Waals surface area contributed by atoms with Crippen molar-refractivity contribution < 1.29 is 9.53 Å². The summed E-state index contributed by atoms with van der Waals surface area (Å²) in [6, 6.07) is 7.93. The lowest BCUT2D eigenvalue weighted by Crippen LogP contribution is -2.41. The summed E-state index contributed by atoms with van der Waals surface area (Å²) in [7, 11) is 1.86. The maximum absolute atomic E-state index is 12.2. The molecule has 19 heavy (non-hydrogen) atoms. The largest absolute Gasteiger partial charge is 0.494 e. The van der Waals surface area contributed by atoms with Crippen LogP contribution >= 0.6 is 0 Å². The van der Waals surface area contributed by atoms with Crippen LogP contribution in [0.3, 0.4) is 0 Å². The van der Waals surface area contributed by atoms with E-state index in [0.29, 0.717) is 13.2 Å². The Kier molecular flexibility index (Phi) is 4.80. The van der Waals surface area contributed by atoms with Crippen LogP contribution in [0.2, 0.25) is 0 Å². The van der Waals surface area contributed by atoms with Crippen LogP contribution in [0.1, 0.15) is 25.3 Å². The van der Waals surface area contributed by atoms with Crippen LogP contribution in [0.5, 0.6) is 5.75 Å². The molecule has 1 atom stereocenters. The Labute approximate surface area is 114 Å². The molecule has 1 aliphatic heterocycles. The highest BCUT2D eigenvalue weighted by atomic mass is 16.5. The van der Waals surface area contributed by atoms with Crippen LogP contribution < -0.4 is 10.1 Å². The number of rotatable bonds is 5. The summed E-state index contributed by atoms with van der Waals surface area (Å²) in [5, 5.41) is 3.24. The van der Waals surface area contributed by atoms with Gasteiger partial charge in [-0.25, -0.2) is 0 Å². The number of hydrogen-bond acceptors (Lipinski definition) is 3. The number of amides is 1. The van der Waals surface area contributed by atoms with Gasteiger partial charge in [-0.1, -0.05) is 12.1 Å². The summed E-state index contributed by atoms with van der Waals surface area (Å²) >= 11 is 0. The lowest BCUT2D eigenvalue weighted by atomic mass is 10.1. The first-order valence-electron chi connectivity index (χ1n) is 6.91. The number of ether oxygens (including phenoxy) is 1. The Balaban J connectivity index is 1.90. The van der Waals surface area contributed by atoms with Crippen LogP contribution in [0, 0.1) is 0 Å². The average molecular weight is 262 g/mol. The molecule has 1 N–H and O–H groups in total. The second-order valence-electron chi connectivity index (χ2n) is 4.92. The van der Waals surface area contributed by atoms with E-state index in [-0.39, 0.29) is 11.9 Å². The van der Waals surface area contributed by atoms with E-state index >= 15 is 0 Å². The first-order valence-corrected chi connectivity index (χ1v) is 6.91. The van der Waals surface area contributed by atoms with Gasteiger partial charge in [0.1, 0.15) is 5.75 Å². The molecule has 1 heterocycles. The Morgan fingerprint density at radius 3 is 2.74 bits per heavy atom. The van der Waals surface area contributed by atoms with Gasteiger partial charge in [-0.15, -0.1) is 0 Å². The molecule has 0 saturated carbocycles. The standard InChI is InChI=1S/C15H22N2O2/c1-3-19-13-8-6-12(7-9-13)11-17(2)15(18)14-5-4-10-16-14/h6-9,14,16H,3-5,10-11H2,1-2H3. The maximum atomic E-state index is 12.2. The number of carbonyl (C=O) groups is 1. The van der Waals surface area contributed by atoms with Crippen molar-refractivity contribution in [2.24, 2.45) is 0 Å². The molecule has 1 aromatic carbocycles. The van der Waals surface area contributed by atoms with Gasteiger partial charge in [0.15, 0.2) is 0 Å². The fourth-order valence-electron chi connectivity index (χ4n) is 2.37. The molecule has 1 unspecified atom stereocenters. The molecule has 4 nitrogen and oxygen atoms in total. The molecule has 0 radical (unpaired) electrons. The first kappa shape index (κ1) is 13.9. The summed E-state index contributed by atoms with van der Waals surface area (Å²) in [4.78, 5) is 13.9. The molecule has 0 bridgehead atoms. The Morgan fingerprint density at radius 1 is 1.42 bits per heavy atom. The molecule has 1 aliphatic rings. The zero-order valence-electron chi connectivity index (χ0n) is 11.7. The molecule has 0 aliphatic carbocycles. The monoisotopic (exact) mass is 262 g/mol. The van der Waals surface area contributed by atoms with E-state index in [1.54, 1.807) is 4.90 Å². The highest BCUT2D eigenvalue weighted by Gasteiger charge is 2.24. The lowest BCUT2D eigenvalue weighted by molar-refractivity contribution is -0.132. The van der Waals surface area contributed by atoms with Crippen molar-refractivity contribution in [2.45, 2.75) is 32.4 Å². The Bertz CT molecular complexity index is 411. The number of carbonyl (C=O) groups excluding carboxylic acids is 1. The minimum absolute atomic E-state index is 0.00713. The van der Waals surface area contributed by atoms with Gasteiger partial charge >= 0.3 is 0 Å². The van der Waals surface area contributed by atoms with Gasteiger partial charge in [-0.2, -0.15) is 0 Å². The van der Waals surface area contributed by atoms with Crippen LogP contribution in [-0.4, -0.2) is 37.0 Å². The third-order valence-corrected chi connectivity index (χ3v) is 3.39. The SMILES string of the molecule is CCOc1ccc(CN(C)C(=O)C2CCCN2)cc1. The molecule has 4 heteroatoms. The van der Waals surface area contributed by atoms with Gasteiger partial charge in [0, 0.05) is 13.6 Å². The fourth-order valence-corrected chi connectivity index (χ4v) is 2.37. The third-order valence-electron chi connectivity index (χ3n) is 3.39. The molecule has 1 aromatic rings. The molecule has 1 fully saturated rings. The molecular formula is C15H22N2O2. The van der Waals surface area contributed by atoms with Crippen LogP contribution in [0.4, 0.5) is 0 Å². The quantitative estimate of drug-likeness (QED) is 0.879. The second kappa shape index (κ2) is 6.57. The molecule has 1 amide bonds. The van der Waals surface area contributed by atoms with Crippen LogP contribution in [0.15, 0.2) is 24.3 Å². The second-order valence-corrected chi connectivity index (χ2v) is 4.92. The topological polar surface area (TPSA) is 41.6 Å². The van der Waals surface area contributed by atoms with Crippen molar-refractivity contribution >= 4 is 5.91 Å². The van der Waals surface area contributed by atoms with Crippen molar-refractivity contribution in [1.82, 2.24) is 10.2 Å². The minimum atomic E-state index is 0.00713. The van der Waals surface area contributed by atoms with E-state index in [9.17, 15) is 4.79 Å². The zero-order chi connectivity index (χ0) is 13.7. The first-order chi connectivity index (χ1) is 9.20.